The Hall–Kier alpha value is -1.88. The van der Waals surface area contributed by atoms with Crippen molar-refractivity contribution in [3.8, 4) is 12.3 Å². The number of terminal acetylenes is 1. The van der Waals surface area contributed by atoms with E-state index in [0.29, 0.717) is 0 Å². The second-order valence-corrected chi connectivity index (χ2v) is 2.42. The molecule has 0 aliphatic carbocycles. The van der Waals surface area contributed by atoms with E-state index in [4.69, 9.17) is 6.42 Å². The molecule has 1 heterocycles. The van der Waals surface area contributed by atoms with E-state index < -0.39 is 0 Å². The van der Waals surface area contributed by atoms with E-state index in [0.717, 1.165) is 16.5 Å². The van der Waals surface area contributed by atoms with Crippen LogP contribution in [0.3, 0.4) is 0 Å². The summed E-state index contributed by atoms with van der Waals surface area (Å²) in [7, 11) is 0. The predicted molar refractivity (Wildman–Crippen MR) is 47.5 cm³/mol. The quantitative estimate of drug-likeness (QED) is 0.539. The molecular weight excluding hydrogens is 148 g/mol. The average Bonchev–Trinajstić information content (AvgIpc) is 2.17. The predicted octanol–water partition coefficient (Wildman–Crippen LogP) is 1.61. The van der Waals surface area contributed by atoms with Crippen molar-refractivity contribution in [2.24, 2.45) is 0 Å². The SMILES string of the molecule is C#Cc1cnnc2ccccc12. The molecule has 0 aliphatic rings. The Balaban J connectivity index is 2.91. The number of hydrogen-bond acceptors (Lipinski definition) is 2. The Morgan fingerprint density at radius 2 is 2.08 bits per heavy atom. The summed E-state index contributed by atoms with van der Waals surface area (Å²) in [5.74, 6) is 2.57. The van der Waals surface area contributed by atoms with Gasteiger partial charge in [-0.05, 0) is 6.07 Å². The van der Waals surface area contributed by atoms with Crippen molar-refractivity contribution < 1.29 is 0 Å². The average molecular weight is 154 g/mol. The van der Waals surface area contributed by atoms with E-state index in [2.05, 4.69) is 16.1 Å². The van der Waals surface area contributed by atoms with Gasteiger partial charge < -0.3 is 0 Å². The number of rotatable bonds is 0. The van der Waals surface area contributed by atoms with E-state index in [1.807, 2.05) is 24.3 Å². The van der Waals surface area contributed by atoms with Crippen LogP contribution in [0, 0.1) is 12.3 Å². The van der Waals surface area contributed by atoms with E-state index >= 15 is 0 Å². The summed E-state index contributed by atoms with van der Waals surface area (Å²) in [4.78, 5) is 0. The standard InChI is InChI=1S/C10H6N2/c1-2-8-7-11-12-10-6-4-3-5-9(8)10/h1,3-7H. The van der Waals surface area contributed by atoms with Crippen LogP contribution in [0.5, 0.6) is 0 Å². The first kappa shape index (κ1) is 6.81. The summed E-state index contributed by atoms with van der Waals surface area (Å²) in [5.41, 5.74) is 1.63. The van der Waals surface area contributed by atoms with Crippen LogP contribution in [0.15, 0.2) is 30.5 Å². The fourth-order valence-corrected chi connectivity index (χ4v) is 1.12. The van der Waals surface area contributed by atoms with Gasteiger partial charge in [-0.3, -0.25) is 0 Å². The molecule has 1 aromatic carbocycles. The largest absolute Gasteiger partial charge is 0.157 e. The smallest absolute Gasteiger partial charge is 0.0942 e. The van der Waals surface area contributed by atoms with Crippen molar-refractivity contribution in [3.63, 3.8) is 0 Å². The number of aromatic nitrogens is 2. The minimum atomic E-state index is 0.792. The van der Waals surface area contributed by atoms with Crippen molar-refractivity contribution >= 4 is 10.9 Å². The zero-order valence-corrected chi connectivity index (χ0v) is 6.36. The van der Waals surface area contributed by atoms with Gasteiger partial charge in [-0.2, -0.15) is 10.2 Å². The molecule has 0 atom stereocenters. The van der Waals surface area contributed by atoms with Gasteiger partial charge in [-0.15, -0.1) is 6.42 Å². The van der Waals surface area contributed by atoms with Crippen LogP contribution in [-0.2, 0) is 0 Å². The maximum atomic E-state index is 5.30. The minimum Gasteiger partial charge on any atom is -0.157 e. The number of benzene rings is 1. The topological polar surface area (TPSA) is 25.8 Å². The minimum absolute atomic E-state index is 0.792. The van der Waals surface area contributed by atoms with Crippen LogP contribution in [0.1, 0.15) is 5.56 Å². The summed E-state index contributed by atoms with van der Waals surface area (Å²) in [6.07, 6.45) is 6.90. The van der Waals surface area contributed by atoms with Gasteiger partial charge >= 0.3 is 0 Å². The number of fused-ring (bicyclic) bond motifs is 1. The van der Waals surface area contributed by atoms with Gasteiger partial charge in [0.25, 0.3) is 0 Å². The summed E-state index contributed by atoms with van der Waals surface area (Å²) >= 11 is 0. The normalized spacial score (nSPS) is 9.58. The lowest BCUT2D eigenvalue weighted by atomic mass is 10.1. The van der Waals surface area contributed by atoms with E-state index in [-0.39, 0.29) is 0 Å². The van der Waals surface area contributed by atoms with Crippen LogP contribution in [0.2, 0.25) is 0 Å². The van der Waals surface area contributed by atoms with Crippen molar-refractivity contribution in [2.45, 2.75) is 0 Å². The highest BCUT2D eigenvalue weighted by Gasteiger charge is 1.97. The lowest BCUT2D eigenvalue weighted by molar-refractivity contribution is 1.07. The highest BCUT2D eigenvalue weighted by atomic mass is 15.1. The van der Waals surface area contributed by atoms with Crippen LogP contribution in [0.25, 0.3) is 10.9 Å². The van der Waals surface area contributed by atoms with Gasteiger partial charge in [-0.1, -0.05) is 24.1 Å². The van der Waals surface area contributed by atoms with Crippen LogP contribution >= 0.6 is 0 Å². The lowest BCUT2D eigenvalue weighted by Gasteiger charge is -1.96. The summed E-state index contributed by atoms with van der Waals surface area (Å²) in [6.45, 7) is 0. The van der Waals surface area contributed by atoms with E-state index in [9.17, 15) is 0 Å². The molecular formula is C10H6N2. The molecule has 0 fully saturated rings. The molecule has 2 rings (SSSR count). The van der Waals surface area contributed by atoms with Crippen molar-refractivity contribution in [1.82, 2.24) is 10.2 Å². The van der Waals surface area contributed by atoms with Crippen LogP contribution in [0.4, 0.5) is 0 Å². The molecule has 0 unspecified atom stereocenters. The molecule has 0 bridgehead atoms. The molecule has 2 heteroatoms. The fraction of sp³-hybridized carbons (Fsp3) is 0. The van der Waals surface area contributed by atoms with Crippen molar-refractivity contribution in [1.29, 1.82) is 0 Å². The summed E-state index contributed by atoms with van der Waals surface area (Å²) < 4.78 is 0. The Morgan fingerprint density at radius 1 is 1.25 bits per heavy atom. The summed E-state index contributed by atoms with van der Waals surface area (Å²) in [6, 6.07) is 7.69. The lowest BCUT2D eigenvalue weighted by Crippen LogP contribution is -1.86. The summed E-state index contributed by atoms with van der Waals surface area (Å²) in [5, 5.41) is 8.72. The second-order valence-electron chi connectivity index (χ2n) is 2.42. The molecule has 0 radical (unpaired) electrons. The second kappa shape index (κ2) is 2.63. The molecule has 0 N–H and O–H groups in total. The zero-order valence-electron chi connectivity index (χ0n) is 6.36. The maximum absolute atomic E-state index is 5.30. The van der Waals surface area contributed by atoms with Crippen LogP contribution < -0.4 is 0 Å². The highest BCUT2D eigenvalue weighted by molar-refractivity contribution is 5.83. The van der Waals surface area contributed by atoms with Crippen molar-refractivity contribution in [3.05, 3.63) is 36.0 Å². The third-order valence-electron chi connectivity index (χ3n) is 1.70. The molecule has 56 valence electrons. The van der Waals surface area contributed by atoms with Gasteiger partial charge in [0.2, 0.25) is 0 Å². The highest BCUT2D eigenvalue weighted by Crippen LogP contribution is 2.12. The zero-order chi connectivity index (χ0) is 8.39. The molecule has 0 aliphatic heterocycles. The Kier molecular flexibility index (Phi) is 1.49. The fourth-order valence-electron chi connectivity index (χ4n) is 1.12. The molecule has 0 amide bonds. The Labute approximate surface area is 70.2 Å². The van der Waals surface area contributed by atoms with Gasteiger partial charge in [0, 0.05) is 5.39 Å². The Morgan fingerprint density at radius 3 is 2.92 bits per heavy atom. The first-order valence-electron chi connectivity index (χ1n) is 3.59. The van der Waals surface area contributed by atoms with Crippen LogP contribution in [-0.4, -0.2) is 10.2 Å². The first-order valence-corrected chi connectivity index (χ1v) is 3.59. The van der Waals surface area contributed by atoms with Gasteiger partial charge in [0.15, 0.2) is 0 Å². The maximum Gasteiger partial charge on any atom is 0.0942 e. The molecule has 0 saturated heterocycles. The monoisotopic (exact) mass is 154 g/mol. The third kappa shape index (κ3) is 0.923. The Bertz CT molecular complexity index is 449. The number of hydrogen-bond donors (Lipinski definition) is 0. The third-order valence-corrected chi connectivity index (χ3v) is 1.70. The molecule has 2 aromatic rings. The molecule has 1 aromatic heterocycles. The molecule has 0 spiro atoms. The van der Waals surface area contributed by atoms with Crippen molar-refractivity contribution in [2.75, 3.05) is 0 Å². The molecule has 12 heavy (non-hydrogen) atoms. The van der Waals surface area contributed by atoms with E-state index in [1.54, 1.807) is 6.20 Å². The molecule has 2 nitrogen and oxygen atoms in total. The van der Waals surface area contributed by atoms with Gasteiger partial charge in [-0.25, -0.2) is 0 Å². The van der Waals surface area contributed by atoms with Gasteiger partial charge in [0.1, 0.15) is 0 Å². The number of nitrogens with zero attached hydrogens (tertiary/aromatic N) is 2. The van der Waals surface area contributed by atoms with Gasteiger partial charge in [0.05, 0.1) is 17.3 Å². The van der Waals surface area contributed by atoms with E-state index in [1.165, 1.54) is 0 Å². The molecule has 0 saturated carbocycles. The first-order chi connectivity index (χ1) is 5.92.